The van der Waals surface area contributed by atoms with Crippen molar-refractivity contribution < 1.29 is 14.3 Å². The minimum Gasteiger partial charge on any atom is -0.469 e. The molecule has 0 N–H and O–H groups in total. The number of hydrogen-bond acceptors (Lipinski definition) is 4. The molecule has 0 aliphatic heterocycles. The first kappa shape index (κ1) is 11.4. The molecule has 0 spiro atoms. The van der Waals surface area contributed by atoms with Gasteiger partial charge in [0.2, 0.25) is 0 Å². The lowest BCUT2D eigenvalue weighted by Crippen LogP contribution is -2.08. The van der Waals surface area contributed by atoms with Crippen LogP contribution in [0.25, 0.3) is 0 Å². The number of aromatic nitrogens is 2. The Labute approximate surface area is 88.0 Å². The van der Waals surface area contributed by atoms with Crippen LogP contribution in [0.1, 0.15) is 18.5 Å². The number of ketones is 1. The van der Waals surface area contributed by atoms with E-state index in [1.165, 1.54) is 7.11 Å². The van der Waals surface area contributed by atoms with Gasteiger partial charge in [-0.3, -0.25) is 14.3 Å². The number of nitrogens with zero attached hydrogens (tertiary/aromatic N) is 2. The third-order valence-corrected chi connectivity index (χ3v) is 1.98. The molecule has 0 amide bonds. The van der Waals surface area contributed by atoms with Gasteiger partial charge >= 0.3 is 5.97 Å². The van der Waals surface area contributed by atoms with E-state index in [-0.39, 0.29) is 31.0 Å². The maximum atomic E-state index is 11.4. The second-order valence-corrected chi connectivity index (χ2v) is 3.27. The first-order chi connectivity index (χ1) is 7.11. The molecule has 0 saturated heterocycles. The summed E-state index contributed by atoms with van der Waals surface area (Å²) in [4.78, 5) is 22.2. The first-order valence-electron chi connectivity index (χ1n) is 4.69. The zero-order valence-electron chi connectivity index (χ0n) is 8.90. The van der Waals surface area contributed by atoms with E-state index in [4.69, 9.17) is 0 Å². The molecule has 0 aromatic carbocycles. The molecule has 82 valence electrons. The van der Waals surface area contributed by atoms with Gasteiger partial charge in [-0.1, -0.05) is 0 Å². The van der Waals surface area contributed by atoms with Gasteiger partial charge < -0.3 is 4.74 Å². The van der Waals surface area contributed by atoms with Crippen LogP contribution in [-0.4, -0.2) is 28.6 Å². The van der Waals surface area contributed by atoms with Gasteiger partial charge in [-0.15, -0.1) is 0 Å². The van der Waals surface area contributed by atoms with Crippen molar-refractivity contribution >= 4 is 11.8 Å². The molecular weight excluding hydrogens is 196 g/mol. The number of methoxy groups -OCH3 is 1. The van der Waals surface area contributed by atoms with Crippen LogP contribution in [0, 0.1) is 0 Å². The highest BCUT2D eigenvalue weighted by atomic mass is 16.5. The van der Waals surface area contributed by atoms with Crippen molar-refractivity contribution in [1.29, 1.82) is 0 Å². The van der Waals surface area contributed by atoms with Gasteiger partial charge in [0.25, 0.3) is 0 Å². The maximum absolute atomic E-state index is 11.4. The lowest BCUT2D eigenvalue weighted by molar-refractivity contribution is -0.141. The monoisotopic (exact) mass is 210 g/mol. The molecule has 0 bridgehead atoms. The average molecular weight is 210 g/mol. The van der Waals surface area contributed by atoms with Gasteiger partial charge in [-0.05, 0) is 6.07 Å². The number of aryl methyl sites for hydroxylation is 1. The van der Waals surface area contributed by atoms with Gasteiger partial charge in [0.05, 0.1) is 25.6 Å². The molecule has 1 aromatic rings. The molecule has 1 rings (SSSR count). The molecule has 1 heterocycles. The van der Waals surface area contributed by atoms with E-state index in [1.54, 1.807) is 24.0 Å². The van der Waals surface area contributed by atoms with Crippen molar-refractivity contribution in [3.8, 4) is 0 Å². The fourth-order valence-corrected chi connectivity index (χ4v) is 1.19. The third-order valence-electron chi connectivity index (χ3n) is 1.98. The highest BCUT2D eigenvalue weighted by Crippen LogP contribution is 2.01. The van der Waals surface area contributed by atoms with Crippen molar-refractivity contribution in [2.75, 3.05) is 7.11 Å². The molecule has 0 radical (unpaired) electrons. The smallest absolute Gasteiger partial charge is 0.305 e. The minimum absolute atomic E-state index is 0.000833. The van der Waals surface area contributed by atoms with E-state index in [0.717, 1.165) is 5.69 Å². The summed E-state index contributed by atoms with van der Waals surface area (Å²) in [5.74, 6) is -0.358. The highest BCUT2D eigenvalue weighted by Gasteiger charge is 2.09. The first-order valence-corrected chi connectivity index (χ1v) is 4.69. The molecule has 15 heavy (non-hydrogen) atoms. The Kier molecular flexibility index (Phi) is 4.03. The Morgan fingerprint density at radius 1 is 1.47 bits per heavy atom. The lowest BCUT2D eigenvalue weighted by atomic mass is 10.1. The van der Waals surface area contributed by atoms with Crippen LogP contribution in [0.2, 0.25) is 0 Å². The van der Waals surface area contributed by atoms with E-state index in [1.807, 2.05) is 0 Å². The van der Waals surface area contributed by atoms with Crippen LogP contribution in [0.15, 0.2) is 12.3 Å². The summed E-state index contributed by atoms with van der Waals surface area (Å²) < 4.78 is 6.09. The Morgan fingerprint density at radius 3 is 2.73 bits per heavy atom. The topological polar surface area (TPSA) is 61.2 Å². The van der Waals surface area contributed by atoms with Gasteiger partial charge in [0.1, 0.15) is 5.78 Å². The Bertz CT molecular complexity index is 357. The van der Waals surface area contributed by atoms with E-state index in [0.29, 0.717) is 0 Å². The minimum atomic E-state index is -0.357. The Balaban J connectivity index is 2.33. The van der Waals surface area contributed by atoms with Crippen molar-refractivity contribution in [2.45, 2.75) is 19.3 Å². The molecule has 5 nitrogen and oxygen atoms in total. The summed E-state index contributed by atoms with van der Waals surface area (Å²) in [5, 5.41) is 4.08. The summed E-state index contributed by atoms with van der Waals surface area (Å²) in [5.41, 5.74) is 0.729. The van der Waals surface area contributed by atoms with Crippen LogP contribution in [0.3, 0.4) is 0 Å². The largest absolute Gasteiger partial charge is 0.469 e. The number of ether oxygens (including phenoxy) is 1. The molecular formula is C10H14N2O3. The van der Waals surface area contributed by atoms with Crippen LogP contribution < -0.4 is 0 Å². The number of esters is 1. The second-order valence-electron chi connectivity index (χ2n) is 3.27. The molecule has 0 unspecified atom stereocenters. The normalized spacial score (nSPS) is 10.0. The Morgan fingerprint density at radius 2 is 2.20 bits per heavy atom. The number of carbonyl (C=O) groups is 2. The van der Waals surface area contributed by atoms with Gasteiger partial charge in [0.15, 0.2) is 0 Å². The molecule has 0 fully saturated rings. The predicted molar refractivity (Wildman–Crippen MR) is 53.2 cm³/mol. The molecule has 0 aliphatic carbocycles. The SMILES string of the molecule is COC(=O)CCC(=O)Cc1ccn(C)n1. The van der Waals surface area contributed by atoms with Crippen LogP contribution in [0.5, 0.6) is 0 Å². The second kappa shape index (κ2) is 5.29. The highest BCUT2D eigenvalue weighted by molar-refractivity contribution is 5.84. The van der Waals surface area contributed by atoms with Gasteiger partial charge in [0, 0.05) is 19.7 Å². The van der Waals surface area contributed by atoms with E-state index >= 15 is 0 Å². The zero-order valence-corrected chi connectivity index (χ0v) is 8.90. The fraction of sp³-hybridized carbons (Fsp3) is 0.500. The quantitative estimate of drug-likeness (QED) is 0.663. The molecule has 0 saturated carbocycles. The average Bonchev–Trinajstić information content (AvgIpc) is 2.60. The molecule has 1 aromatic heterocycles. The van der Waals surface area contributed by atoms with Crippen molar-refractivity contribution in [2.24, 2.45) is 7.05 Å². The third kappa shape index (κ3) is 3.93. The summed E-state index contributed by atoms with van der Waals surface area (Å²) in [6.45, 7) is 0. The van der Waals surface area contributed by atoms with Crippen molar-refractivity contribution in [1.82, 2.24) is 9.78 Å². The predicted octanol–water partition coefficient (Wildman–Crippen LogP) is 0.485. The van der Waals surface area contributed by atoms with E-state index < -0.39 is 0 Å². The molecule has 0 atom stereocenters. The zero-order chi connectivity index (χ0) is 11.3. The number of hydrogen-bond donors (Lipinski definition) is 0. The van der Waals surface area contributed by atoms with Crippen molar-refractivity contribution in [3.05, 3.63) is 18.0 Å². The van der Waals surface area contributed by atoms with Gasteiger partial charge in [-0.25, -0.2) is 0 Å². The fourth-order valence-electron chi connectivity index (χ4n) is 1.19. The summed E-state index contributed by atoms with van der Waals surface area (Å²) in [6.07, 6.45) is 2.41. The lowest BCUT2D eigenvalue weighted by Gasteiger charge is -1.98. The van der Waals surface area contributed by atoms with Crippen LogP contribution in [-0.2, 0) is 27.8 Å². The van der Waals surface area contributed by atoms with Crippen LogP contribution in [0.4, 0.5) is 0 Å². The summed E-state index contributed by atoms with van der Waals surface area (Å²) >= 11 is 0. The van der Waals surface area contributed by atoms with Gasteiger partial charge in [-0.2, -0.15) is 5.10 Å². The van der Waals surface area contributed by atoms with E-state index in [9.17, 15) is 9.59 Å². The number of carbonyl (C=O) groups excluding carboxylic acids is 2. The number of rotatable bonds is 5. The summed E-state index contributed by atoms with van der Waals surface area (Å²) in [7, 11) is 3.11. The maximum Gasteiger partial charge on any atom is 0.305 e. The molecule has 0 aliphatic rings. The van der Waals surface area contributed by atoms with Crippen LogP contribution >= 0.6 is 0 Å². The summed E-state index contributed by atoms with van der Waals surface area (Å²) in [6, 6.07) is 1.79. The molecule has 5 heteroatoms. The Hall–Kier alpha value is -1.65. The standard InChI is InChI=1S/C10H14N2O3/c1-12-6-5-8(11-12)7-9(13)3-4-10(14)15-2/h5-6H,3-4,7H2,1-2H3. The van der Waals surface area contributed by atoms with E-state index in [2.05, 4.69) is 9.84 Å². The van der Waals surface area contributed by atoms with Crippen molar-refractivity contribution in [3.63, 3.8) is 0 Å². The number of Topliss-reactive ketones (excluding diaryl/α,β-unsaturated/α-hetero) is 1.